The number of ether oxygens (including phenoxy) is 1. The van der Waals surface area contributed by atoms with E-state index in [4.69, 9.17) is 9.15 Å². The largest absolute Gasteiger partial charge is 0.459 e. The first-order valence-corrected chi connectivity index (χ1v) is 8.28. The average molecular weight is 367 g/mol. The highest BCUT2D eigenvalue weighted by Gasteiger charge is 2.30. The Balaban J connectivity index is 2.64. The van der Waals surface area contributed by atoms with Gasteiger partial charge in [-0.05, 0) is 38.8 Å². The summed E-state index contributed by atoms with van der Waals surface area (Å²) in [5.74, 6) is -2.36. The van der Waals surface area contributed by atoms with Crippen molar-refractivity contribution in [2.24, 2.45) is 5.92 Å². The van der Waals surface area contributed by atoms with E-state index in [1.54, 1.807) is 33.8 Å². The third kappa shape index (κ3) is 6.58. The molecule has 0 aliphatic carbocycles. The lowest BCUT2D eigenvalue weighted by Gasteiger charge is -2.22. The zero-order valence-electron chi connectivity index (χ0n) is 15.5. The molecule has 3 N–H and O–H groups in total. The van der Waals surface area contributed by atoms with Crippen LogP contribution < -0.4 is 16.0 Å². The van der Waals surface area contributed by atoms with Crippen molar-refractivity contribution in [3.63, 3.8) is 0 Å². The summed E-state index contributed by atoms with van der Waals surface area (Å²) in [7, 11) is 0. The number of furan rings is 1. The topological polar surface area (TPSA) is 127 Å². The maximum atomic E-state index is 12.3. The second-order valence-corrected chi connectivity index (χ2v) is 6.37. The second kappa shape index (κ2) is 9.59. The zero-order valence-corrected chi connectivity index (χ0v) is 15.5. The number of carbonyl (C=O) groups is 4. The van der Waals surface area contributed by atoms with Crippen molar-refractivity contribution in [3.8, 4) is 0 Å². The van der Waals surface area contributed by atoms with E-state index in [9.17, 15) is 19.2 Å². The summed E-state index contributed by atoms with van der Waals surface area (Å²) in [6.07, 6.45) is 0.133. The smallest absolute Gasteiger partial charge is 0.329 e. The van der Waals surface area contributed by atoms with E-state index in [1.165, 1.54) is 19.3 Å². The highest BCUT2D eigenvalue weighted by molar-refractivity contribution is 5.98. The van der Waals surface area contributed by atoms with Crippen LogP contribution in [0.15, 0.2) is 22.8 Å². The van der Waals surface area contributed by atoms with Crippen LogP contribution in [0.4, 0.5) is 4.79 Å². The van der Waals surface area contributed by atoms with Gasteiger partial charge in [0.2, 0.25) is 0 Å². The van der Waals surface area contributed by atoms with Gasteiger partial charge in [-0.3, -0.25) is 14.9 Å². The minimum Gasteiger partial charge on any atom is -0.459 e. The first-order chi connectivity index (χ1) is 12.1. The van der Waals surface area contributed by atoms with Crippen molar-refractivity contribution >= 4 is 23.8 Å². The lowest BCUT2D eigenvalue weighted by atomic mass is 10.0. The molecule has 2 unspecified atom stereocenters. The lowest BCUT2D eigenvalue weighted by Crippen LogP contribution is -2.49. The molecule has 0 radical (unpaired) electrons. The van der Waals surface area contributed by atoms with Gasteiger partial charge in [-0.25, -0.2) is 9.59 Å². The molecule has 4 amide bonds. The Morgan fingerprint density at radius 2 is 1.69 bits per heavy atom. The lowest BCUT2D eigenvalue weighted by molar-refractivity contribution is -0.157. The number of carbonyl (C=O) groups excluding carboxylic acids is 4. The van der Waals surface area contributed by atoms with Crippen molar-refractivity contribution < 1.29 is 28.3 Å². The zero-order chi connectivity index (χ0) is 19.9. The molecular weight excluding hydrogens is 342 g/mol. The molecule has 0 saturated heterocycles. The van der Waals surface area contributed by atoms with Gasteiger partial charge in [0.25, 0.3) is 11.8 Å². The van der Waals surface area contributed by atoms with E-state index >= 15 is 0 Å². The molecule has 0 fully saturated rings. The Kier molecular flexibility index (Phi) is 7.82. The maximum Gasteiger partial charge on any atom is 0.329 e. The summed E-state index contributed by atoms with van der Waals surface area (Å²) in [4.78, 5) is 47.8. The summed E-state index contributed by atoms with van der Waals surface area (Å²) in [6.45, 7) is 8.25. The Bertz CT molecular complexity index is 639. The van der Waals surface area contributed by atoms with E-state index < -0.39 is 36.0 Å². The number of urea groups is 1. The first-order valence-electron chi connectivity index (χ1n) is 8.28. The van der Waals surface area contributed by atoms with Gasteiger partial charge >= 0.3 is 12.0 Å². The van der Waals surface area contributed by atoms with Gasteiger partial charge in [-0.2, -0.15) is 0 Å². The minimum atomic E-state index is -1.21. The Morgan fingerprint density at radius 3 is 2.19 bits per heavy atom. The highest BCUT2D eigenvalue weighted by Crippen LogP contribution is 2.08. The molecule has 26 heavy (non-hydrogen) atoms. The molecule has 1 rings (SSSR count). The molecule has 2 atom stereocenters. The van der Waals surface area contributed by atoms with Gasteiger partial charge in [0, 0.05) is 6.04 Å². The number of hydrogen-bond donors (Lipinski definition) is 3. The van der Waals surface area contributed by atoms with Crippen LogP contribution in [0.25, 0.3) is 0 Å². The first kappa shape index (κ1) is 21.2. The molecule has 9 nitrogen and oxygen atoms in total. The van der Waals surface area contributed by atoms with E-state index in [-0.39, 0.29) is 17.7 Å². The quantitative estimate of drug-likeness (QED) is 0.622. The average Bonchev–Trinajstić information content (AvgIpc) is 3.05. The number of esters is 1. The number of rotatable bonds is 7. The Morgan fingerprint density at radius 1 is 1.04 bits per heavy atom. The highest BCUT2D eigenvalue weighted by atomic mass is 16.5. The molecule has 0 aliphatic rings. The molecule has 0 saturated carbocycles. The van der Waals surface area contributed by atoms with Crippen molar-refractivity contribution in [2.45, 2.75) is 52.8 Å². The molecule has 9 heteroatoms. The van der Waals surface area contributed by atoms with Crippen LogP contribution in [0, 0.1) is 5.92 Å². The molecule has 0 spiro atoms. The maximum absolute atomic E-state index is 12.3. The number of imide groups is 1. The fraction of sp³-hybridized carbons (Fsp3) is 0.529. The van der Waals surface area contributed by atoms with Crippen LogP contribution in [0.1, 0.15) is 45.2 Å². The third-order valence-corrected chi connectivity index (χ3v) is 3.27. The molecular formula is C17H25N3O6. The Hall–Kier alpha value is -2.84. The van der Waals surface area contributed by atoms with Gasteiger partial charge in [0.1, 0.15) is 6.04 Å². The van der Waals surface area contributed by atoms with Gasteiger partial charge in [-0.1, -0.05) is 13.8 Å². The predicted octanol–water partition coefficient (Wildman–Crippen LogP) is 1.20. The van der Waals surface area contributed by atoms with Gasteiger partial charge in [0.05, 0.1) is 6.26 Å². The molecule has 1 aromatic heterocycles. The minimum absolute atomic E-state index is 0.0552. The fourth-order valence-corrected chi connectivity index (χ4v) is 1.93. The third-order valence-electron chi connectivity index (χ3n) is 3.27. The molecule has 0 bridgehead atoms. The molecule has 144 valence electrons. The summed E-state index contributed by atoms with van der Waals surface area (Å²) < 4.78 is 10.1. The summed E-state index contributed by atoms with van der Waals surface area (Å²) in [6, 6.07) is 1.20. The number of hydrogen-bond acceptors (Lipinski definition) is 6. The van der Waals surface area contributed by atoms with Crippen LogP contribution >= 0.6 is 0 Å². The summed E-state index contributed by atoms with van der Waals surface area (Å²) >= 11 is 0. The summed E-state index contributed by atoms with van der Waals surface area (Å²) in [5, 5.41) is 7.08. The number of nitrogens with one attached hydrogen (secondary N) is 3. The number of amides is 4. The molecule has 0 aromatic carbocycles. The van der Waals surface area contributed by atoms with Crippen molar-refractivity contribution in [3.05, 3.63) is 24.2 Å². The second-order valence-electron chi connectivity index (χ2n) is 6.37. The van der Waals surface area contributed by atoms with Gasteiger partial charge in [0.15, 0.2) is 11.9 Å². The predicted molar refractivity (Wildman–Crippen MR) is 92.2 cm³/mol. The van der Waals surface area contributed by atoms with Gasteiger partial charge in [-0.15, -0.1) is 0 Å². The SMILES string of the molecule is CC(C)NC(=O)NC(=O)C(C)OC(=O)C(NC(=O)c1ccco1)C(C)C. The molecule has 1 heterocycles. The Labute approximate surface area is 151 Å². The van der Waals surface area contributed by atoms with Crippen LogP contribution in [-0.2, 0) is 14.3 Å². The van der Waals surface area contributed by atoms with Crippen LogP contribution in [0.3, 0.4) is 0 Å². The molecule has 1 aromatic rings. The van der Waals surface area contributed by atoms with E-state index in [0.29, 0.717) is 0 Å². The molecule has 0 aliphatic heterocycles. The summed E-state index contributed by atoms with van der Waals surface area (Å²) in [5.41, 5.74) is 0. The monoisotopic (exact) mass is 367 g/mol. The van der Waals surface area contributed by atoms with Crippen molar-refractivity contribution in [1.29, 1.82) is 0 Å². The standard InChI is InChI=1S/C17H25N3O6/c1-9(2)13(19-15(22)12-7-6-8-25-12)16(23)26-11(5)14(21)20-17(24)18-10(3)4/h6-11,13H,1-5H3,(H,19,22)(H2,18,20,21,24). The van der Waals surface area contributed by atoms with Crippen LogP contribution in [-0.4, -0.2) is 42.0 Å². The van der Waals surface area contributed by atoms with Crippen molar-refractivity contribution in [1.82, 2.24) is 16.0 Å². The van der Waals surface area contributed by atoms with E-state index in [2.05, 4.69) is 16.0 Å². The van der Waals surface area contributed by atoms with Crippen LogP contribution in [0.2, 0.25) is 0 Å². The normalized spacial score (nSPS) is 13.0. The van der Waals surface area contributed by atoms with Crippen molar-refractivity contribution in [2.75, 3.05) is 0 Å². The van der Waals surface area contributed by atoms with Crippen LogP contribution in [0.5, 0.6) is 0 Å². The van der Waals surface area contributed by atoms with E-state index in [0.717, 1.165) is 0 Å². The van der Waals surface area contributed by atoms with E-state index in [1.807, 2.05) is 0 Å². The van der Waals surface area contributed by atoms with Gasteiger partial charge < -0.3 is 19.8 Å². The fourth-order valence-electron chi connectivity index (χ4n) is 1.93.